The van der Waals surface area contributed by atoms with E-state index in [1.807, 2.05) is 0 Å². The average Bonchev–Trinajstić information content (AvgIpc) is 2.42. The second kappa shape index (κ2) is 6.41. The molecule has 1 aromatic heterocycles. The number of carbonyl (C=O) groups excluding carboxylic acids is 1. The van der Waals surface area contributed by atoms with E-state index in [2.05, 4.69) is 4.98 Å². The summed E-state index contributed by atoms with van der Waals surface area (Å²) in [6, 6.07) is 1.57. The van der Waals surface area contributed by atoms with Gasteiger partial charge < -0.3 is 15.2 Å². The van der Waals surface area contributed by atoms with Gasteiger partial charge in [-0.3, -0.25) is 0 Å². The van der Waals surface area contributed by atoms with Gasteiger partial charge in [0.05, 0.1) is 24.1 Å². The average molecular weight is 264 g/mol. The minimum Gasteiger partial charge on any atom is -0.474 e. The van der Waals surface area contributed by atoms with Gasteiger partial charge in [-0.25, -0.2) is 9.78 Å². The summed E-state index contributed by atoms with van der Waals surface area (Å²) >= 11 is 0. The molecule has 2 rings (SSSR count). The molecule has 0 amide bonds. The molecule has 0 aromatic carbocycles. The molecule has 0 spiro atoms. The summed E-state index contributed by atoms with van der Waals surface area (Å²) in [5, 5.41) is 0. The Morgan fingerprint density at radius 1 is 1.42 bits per heavy atom. The number of pyridine rings is 1. The molecule has 0 bridgehead atoms. The first-order chi connectivity index (χ1) is 9.20. The van der Waals surface area contributed by atoms with Crippen molar-refractivity contribution in [1.29, 1.82) is 0 Å². The van der Waals surface area contributed by atoms with E-state index in [1.54, 1.807) is 13.0 Å². The van der Waals surface area contributed by atoms with Gasteiger partial charge in [-0.15, -0.1) is 0 Å². The van der Waals surface area contributed by atoms with E-state index in [-0.39, 0.29) is 6.10 Å². The first kappa shape index (κ1) is 13.6. The van der Waals surface area contributed by atoms with Gasteiger partial charge in [-0.05, 0) is 32.6 Å². The van der Waals surface area contributed by atoms with Gasteiger partial charge in [-0.1, -0.05) is 6.42 Å². The summed E-state index contributed by atoms with van der Waals surface area (Å²) in [6.07, 6.45) is 7.36. The number of nitrogens with two attached hydrogens (primary N) is 1. The Morgan fingerprint density at radius 2 is 2.16 bits per heavy atom. The third-order valence-electron chi connectivity index (χ3n) is 3.24. The van der Waals surface area contributed by atoms with Crippen LogP contribution in [0.15, 0.2) is 12.3 Å². The molecule has 1 heterocycles. The van der Waals surface area contributed by atoms with Crippen molar-refractivity contribution < 1.29 is 14.3 Å². The lowest BCUT2D eigenvalue weighted by molar-refractivity contribution is 0.0526. The fourth-order valence-electron chi connectivity index (χ4n) is 2.25. The number of carbonyl (C=O) groups is 1. The highest BCUT2D eigenvalue weighted by molar-refractivity contribution is 5.95. The van der Waals surface area contributed by atoms with E-state index in [0.717, 1.165) is 12.8 Å². The Bertz CT molecular complexity index is 442. The number of aromatic nitrogens is 1. The number of hydrogen-bond donors (Lipinski definition) is 1. The van der Waals surface area contributed by atoms with Gasteiger partial charge in [0.1, 0.15) is 6.10 Å². The van der Waals surface area contributed by atoms with E-state index in [4.69, 9.17) is 15.2 Å². The monoisotopic (exact) mass is 264 g/mol. The van der Waals surface area contributed by atoms with Crippen molar-refractivity contribution in [2.45, 2.75) is 45.1 Å². The molecule has 0 saturated heterocycles. The number of rotatable bonds is 4. The number of esters is 1. The van der Waals surface area contributed by atoms with E-state index in [1.165, 1.54) is 25.5 Å². The number of hydrogen-bond acceptors (Lipinski definition) is 5. The second-order valence-corrected chi connectivity index (χ2v) is 4.71. The van der Waals surface area contributed by atoms with E-state index in [0.29, 0.717) is 23.7 Å². The summed E-state index contributed by atoms with van der Waals surface area (Å²) in [4.78, 5) is 15.8. The van der Waals surface area contributed by atoms with Crippen molar-refractivity contribution in [2.75, 3.05) is 12.3 Å². The maximum absolute atomic E-state index is 11.7. The summed E-state index contributed by atoms with van der Waals surface area (Å²) in [6.45, 7) is 2.08. The predicted octanol–water partition coefficient (Wildman–Crippen LogP) is 2.55. The second-order valence-electron chi connectivity index (χ2n) is 4.71. The van der Waals surface area contributed by atoms with Crippen LogP contribution in [0.1, 0.15) is 49.4 Å². The van der Waals surface area contributed by atoms with Crippen molar-refractivity contribution in [2.24, 2.45) is 0 Å². The molecule has 1 aliphatic carbocycles. The number of nitrogen functional groups attached to an aromatic ring is 1. The predicted molar refractivity (Wildman–Crippen MR) is 72.1 cm³/mol. The summed E-state index contributed by atoms with van der Waals surface area (Å²) in [7, 11) is 0. The standard InChI is InChI=1S/C14H20N2O3/c1-2-18-14(17)11-8-13(16-9-12(11)15)19-10-6-4-3-5-7-10/h8-10H,2-7,15H2,1H3. The fraction of sp³-hybridized carbons (Fsp3) is 0.571. The van der Waals surface area contributed by atoms with Crippen LogP contribution in [0.5, 0.6) is 5.88 Å². The first-order valence-electron chi connectivity index (χ1n) is 6.80. The topological polar surface area (TPSA) is 74.4 Å². The third-order valence-corrected chi connectivity index (χ3v) is 3.24. The van der Waals surface area contributed by atoms with Crippen molar-refractivity contribution in [3.63, 3.8) is 0 Å². The van der Waals surface area contributed by atoms with Crippen LogP contribution >= 0.6 is 0 Å². The fourth-order valence-corrected chi connectivity index (χ4v) is 2.25. The zero-order valence-electron chi connectivity index (χ0n) is 11.2. The van der Waals surface area contributed by atoms with Crippen molar-refractivity contribution in [3.05, 3.63) is 17.8 Å². The van der Waals surface area contributed by atoms with Crippen LogP contribution in [0.25, 0.3) is 0 Å². The first-order valence-corrected chi connectivity index (χ1v) is 6.80. The quantitative estimate of drug-likeness (QED) is 0.846. The summed E-state index contributed by atoms with van der Waals surface area (Å²) < 4.78 is 10.8. The molecule has 1 fully saturated rings. The Kier molecular flexibility index (Phi) is 4.60. The van der Waals surface area contributed by atoms with Gasteiger partial charge in [0.15, 0.2) is 0 Å². The molecule has 0 aliphatic heterocycles. The molecule has 5 nitrogen and oxygen atoms in total. The molecule has 2 N–H and O–H groups in total. The Morgan fingerprint density at radius 3 is 2.84 bits per heavy atom. The highest BCUT2D eigenvalue weighted by Crippen LogP contribution is 2.24. The van der Waals surface area contributed by atoms with Crippen LogP contribution in [0.3, 0.4) is 0 Å². The molecule has 1 aliphatic rings. The van der Waals surface area contributed by atoms with Gasteiger partial charge in [-0.2, -0.15) is 0 Å². The molecule has 0 radical (unpaired) electrons. The van der Waals surface area contributed by atoms with Crippen LogP contribution in [0.4, 0.5) is 5.69 Å². The smallest absolute Gasteiger partial charge is 0.340 e. The molecule has 5 heteroatoms. The van der Waals surface area contributed by atoms with Crippen LogP contribution in [0.2, 0.25) is 0 Å². The highest BCUT2D eigenvalue weighted by atomic mass is 16.5. The van der Waals surface area contributed by atoms with Gasteiger partial charge >= 0.3 is 5.97 Å². The van der Waals surface area contributed by atoms with Gasteiger partial charge in [0.25, 0.3) is 0 Å². The lowest BCUT2D eigenvalue weighted by atomic mass is 9.98. The molecular formula is C14H20N2O3. The zero-order valence-corrected chi connectivity index (χ0v) is 11.2. The van der Waals surface area contributed by atoms with Crippen LogP contribution < -0.4 is 10.5 Å². The molecular weight excluding hydrogens is 244 g/mol. The van der Waals surface area contributed by atoms with Crippen molar-refractivity contribution >= 4 is 11.7 Å². The van der Waals surface area contributed by atoms with E-state index < -0.39 is 5.97 Å². The summed E-state index contributed by atoms with van der Waals surface area (Å²) in [5.41, 5.74) is 6.37. The lowest BCUT2D eigenvalue weighted by Gasteiger charge is -2.22. The molecule has 1 saturated carbocycles. The van der Waals surface area contributed by atoms with E-state index >= 15 is 0 Å². The minimum atomic E-state index is -0.434. The zero-order chi connectivity index (χ0) is 13.7. The van der Waals surface area contributed by atoms with Crippen LogP contribution in [0, 0.1) is 0 Å². The molecule has 0 atom stereocenters. The maximum Gasteiger partial charge on any atom is 0.340 e. The molecule has 0 unspecified atom stereocenters. The van der Waals surface area contributed by atoms with Crippen LogP contribution in [-0.4, -0.2) is 23.7 Å². The van der Waals surface area contributed by atoms with Crippen molar-refractivity contribution in [3.8, 4) is 5.88 Å². The Hall–Kier alpha value is -1.78. The normalized spacial score (nSPS) is 16.1. The summed E-state index contributed by atoms with van der Waals surface area (Å²) in [5.74, 6) is 0.0139. The van der Waals surface area contributed by atoms with Gasteiger partial charge in [0, 0.05) is 6.07 Å². The number of anilines is 1. The number of nitrogens with zero attached hydrogens (tertiary/aromatic N) is 1. The Balaban J connectivity index is 2.08. The third kappa shape index (κ3) is 3.59. The van der Waals surface area contributed by atoms with E-state index in [9.17, 15) is 4.79 Å². The highest BCUT2D eigenvalue weighted by Gasteiger charge is 2.18. The van der Waals surface area contributed by atoms with Crippen molar-refractivity contribution in [1.82, 2.24) is 4.98 Å². The Labute approximate surface area is 113 Å². The molecule has 104 valence electrons. The SMILES string of the molecule is CCOC(=O)c1cc(OC2CCCCC2)ncc1N. The largest absolute Gasteiger partial charge is 0.474 e. The number of ether oxygens (including phenoxy) is 2. The lowest BCUT2D eigenvalue weighted by Crippen LogP contribution is -2.20. The van der Waals surface area contributed by atoms with Gasteiger partial charge in [0.2, 0.25) is 5.88 Å². The molecule has 1 aromatic rings. The van der Waals surface area contributed by atoms with Crippen LogP contribution in [-0.2, 0) is 4.74 Å². The molecule has 19 heavy (non-hydrogen) atoms. The minimum absolute atomic E-state index is 0.194. The maximum atomic E-state index is 11.7.